The van der Waals surface area contributed by atoms with Crippen LogP contribution >= 0.6 is 0 Å². The maximum absolute atomic E-state index is 10.7. The van der Waals surface area contributed by atoms with Crippen molar-refractivity contribution in [3.05, 3.63) is 36.2 Å². The van der Waals surface area contributed by atoms with Gasteiger partial charge in [0.2, 0.25) is 0 Å². The zero-order chi connectivity index (χ0) is 12.4. The lowest BCUT2D eigenvalue weighted by molar-refractivity contribution is -0.136. The summed E-state index contributed by atoms with van der Waals surface area (Å²) in [4.78, 5) is 15.8. The monoisotopic (exact) mass is 235 g/mol. The number of carbonyl (C=O) groups is 1. The second-order valence-corrected chi connectivity index (χ2v) is 3.61. The summed E-state index contributed by atoms with van der Waals surface area (Å²) in [5.74, 6) is 4.89. The summed E-state index contributed by atoms with van der Waals surface area (Å²) in [6, 6.07) is 5.25. The minimum atomic E-state index is -0.870. The Balaban J connectivity index is 2.39. The predicted molar refractivity (Wildman–Crippen MR) is 63.1 cm³/mol. The lowest BCUT2D eigenvalue weighted by Crippen LogP contribution is -2.31. The fourth-order valence-corrected chi connectivity index (χ4v) is 1.70. The van der Waals surface area contributed by atoms with Gasteiger partial charge in [0.25, 0.3) is 0 Å². The summed E-state index contributed by atoms with van der Waals surface area (Å²) >= 11 is 0. The van der Waals surface area contributed by atoms with E-state index >= 15 is 0 Å². The lowest BCUT2D eigenvalue weighted by atomic mass is 10.1. The molecule has 0 aliphatic carbocycles. The van der Waals surface area contributed by atoms with E-state index in [1.807, 2.05) is 0 Å². The van der Waals surface area contributed by atoms with E-state index in [0.29, 0.717) is 5.56 Å². The Kier molecular flexibility index (Phi) is 2.99. The van der Waals surface area contributed by atoms with E-state index in [4.69, 9.17) is 15.8 Å². The van der Waals surface area contributed by atoms with Crippen molar-refractivity contribution in [2.24, 2.45) is 5.84 Å². The zero-order valence-corrected chi connectivity index (χ0v) is 9.33. The van der Waals surface area contributed by atoms with Gasteiger partial charge in [-0.05, 0) is 17.7 Å². The Morgan fingerprint density at radius 1 is 1.41 bits per heavy atom. The number of rotatable bonds is 3. The molecule has 0 radical (unpaired) electrons. The number of benzene rings is 1. The van der Waals surface area contributed by atoms with Gasteiger partial charge in [0.1, 0.15) is 0 Å². The van der Waals surface area contributed by atoms with Crippen molar-refractivity contribution in [2.75, 3.05) is 17.2 Å². The number of anilines is 2. The minimum absolute atomic E-state index is 0.0287. The number of carboxylic acid groups (broad SMARTS) is 1. The molecule has 1 aromatic carbocycles. The molecule has 1 aromatic rings. The highest BCUT2D eigenvalue weighted by atomic mass is 16.7. The first-order valence-electron chi connectivity index (χ1n) is 5.02. The van der Waals surface area contributed by atoms with Crippen LogP contribution in [0.25, 0.3) is 0 Å². The van der Waals surface area contributed by atoms with Crippen LogP contribution in [-0.2, 0) is 16.1 Å². The molecule has 1 aliphatic heterocycles. The number of hydroxylamine groups is 1. The first kappa shape index (κ1) is 11.4. The summed E-state index contributed by atoms with van der Waals surface area (Å²) in [7, 11) is 1.53. The molecule has 90 valence electrons. The molecule has 1 aliphatic rings. The van der Waals surface area contributed by atoms with Crippen molar-refractivity contribution in [3.8, 4) is 0 Å². The van der Waals surface area contributed by atoms with E-state index in [2.05, 4.69) is 0 Å². The predicted octanol–water partition coefficient (Wildman–Crippen LogP) is 0.846. The topological polar surface area (TPSA) is 79.0 Å². The van der Waals surface area contributed by atoms with Gasteiger partial charge in [0.15, 0.2) is 0 Å². The molecular formula is C11H13N3O3. The first-order valence-corrected chi connectivity index (χ1v) is 5.02. The van der Waals surface area contributed by atoms with E-state index in [1.165, 1.54) is 17.2 Å². The molecule has 3 N–H and O–H groups in total. The molecule has 6 heteroatoms. The van der Waals surface area contributed by atoms with E-state index in [1.54, 1.807) is 30.6 Å². The molecule has 0 saturated carbocycles. The fraction of sp³-hybridized carbons (Fsp3) is 0.182. The largest absolute Gasteiger partial charge is 0.481 e. The van der Waals surface area contributed by atoms with Crippen molar-refractivity contribution in [3.63, 3.8) is 0 Å². The van der Waals surface area contributed by atoms with Gasteiger partial charge < -0.3 is 5.11 Å². The van der Waals surface area contributed by atoms with Crippen LogP contribution in [0.3, 0.4) is 0 Å². The van der Waals surface area contributed by atoms with Crippen LogP contribution in [0.5, 0.6) is 0 Å². The Morgan fingerprint density at radius 3 is 2.82 bits per heavy atom. The van der Waals surface area contributed by atoms with Crippen LogP contribution in [0.1, 0.15) is 5.56 Å². The average molecular weight is 235 g/mol. The maximum atomic E-state index is 10.7. The summed E-state index contributed by atoms with van der Waals surface area (Å²) in [5, 5.41) is 11.7. The SMILES string of the molecule is CON1C=CN(N)c2ccc(CC(=O)O)cc21. The minimum Gasteiger partial charge on any atom is -0.481 e. The summed E-state index contributed by atoms with van der Waals surface area (Å²) < 4.78 is 0. The normalized spacial score (nSPS) is 13.8. The molecule has 0 saturated heterocycles. The van der Waals surface area contributed by atoms with Gasteiger partial charge in [0.05, 0.1) is 31.1 Å². The van der Waals surface area contributed by atoms with Crippen LogP contribution in [0, 0.1) is 0 Å². The second-order valence-electron chi connectivity index (χ2n) is 3.61. The van der Waals surface area contributed by atoms with E-state index in [0.717, 1.165) is 11.4 Å². The molecule has 0 bridgehead atoms. The fourth-order valence-electron chi connectivity index (χ4n) is 1.70. The second kappa shape index (κ2) is 4.44. The molecule has 0 fully saturated rings. The number of hydrogen-bond acceptors (Lipinski definition) is 5. The van der Waals surface area contributed by atoms with Gasteiger partial charge >= 0.3 is 5.97 Å². The average Bonchev–Trinajstić information content (AvgIpc) is 2.29. The molecule has 0 atom stereocenters. The summed E-state index contributed by atoms with van der Waals surface area (Å²) in [6.07, 6.45) is 3.29. The van der Waals surface area contributed by atoms with Crippen LogP contribution in [0.2, 0.25) is 0 Å². The highest BCUT2D eigenvalue weighted by molar-refractivity contribution is 5.77. The van der Waals surface area contributed by atoms with Crippen molar-refractivity contribution in [2.45, 2.75) is 6.42 Å². The molecule has 0 amide bonds. The first-order chi connectivity index (χ1) is 8.11. The third kappa shape index (κ3) is 2.22. The number of hydrazine groups is 1. The van der Waals surface area contributed by atoms with E-state index in [-0.39, 0.29) is 6.42 Å². The van der Waals surface area contributed by atoms with Crippen molar-refractivity contribution in [1.29, 1.82) is 0 Å². The Morgan fingerprint density at radius 2 is 2.18 bits per heavy atom. The molecule has 0 unspecified atom stereocenters. The van der Waals surface area contributed by atoms with Gasteiger partial charge in [-0.15, -0.1) is 0 Å². The van der Waals surface area contributed by atoms with Crippen LogP contribution in [-0.4, -0.2) is 18.2 Å². The smallest absolute Gasteiger partial charge is 0.307 e. The zero-order valence-electron chi connectivity index (χ0n) is 9.33. The molecule has 6 nitrogen and oxygen atoms in total. The molecule has 1 heterocycles. The number of nitrogens with zero attached hydrogens (tertiary/aromatic N) is 2. The van der Waals surface area contributed by atoms with Crippen LogP contribution in [0.15, 0.2) is 30.6 Å². The molecular weight excluding hydrogens is 222 g/mol. The van der Waals surface area contributed by atoms with Gasteiger partial charge in [-0.3, -0.25) is 14.6 Å². The van der Waals surface area contributed by atoms with E-state index < -0.39 is 5.97 Å². The quantitative estimate of drug-likeness (QED) is 0.756. The Bertz CT molecular complexity index is 473. The summed E-state index contributed by atoms with van der Waals surface area (Å²) in [6.45, 7) is 0. The van der Waals surface area contributed by atoms with Gasteiger partial charge in [0, 0.05) is 6.20 Å². The van der Waals surface area contributed by atoms with E-state index in [9.17, 15) is 4.79 Å². The number of carboxylic acids is 1. The van der Waals surface area contributed by atoms with Crippen LogP contribution < -0.4 is 15.9 Å². The maximum Gasteiger partial charge on any atom is 0.307 e. The highest BCUT2D eigenvalue weighted by Crippen LogP contribution is 2.32. The third-order valence-corrected chi connectivity index (χ3v) is 2.47. The molecule has 17 heavy (non-hydrogen) atoms. The third-order valence-electron chi connectivity index (χ3n) is 2.47. The number of hydrogen-bond donors (Lipinski definition) is 2. The number of aliphatic carboxylic acids is 1. The van der Waals surface area contributed by atoms with Gasteiger partial charge in [-0.1, -0.05) is 6.07 Å². The Hall–Kier alpha value is -2.05. The number of nitrogens with two attached hydrogens (primary N) is 1. The summed E-state index contributed by atoms with van der Waals surface area (Å²) in [5.41, 5.74) is 2.17. The standard InChI is InChI=1S/C11H13N3O3/c1-17-14-5-4-13(12)9-3-2-8(6-10(9)14)7-11(15)16/h2-6H,7,12H2,1H3,(H,15,16). The van der Waals surface area contributed by atoms with Crippen molar-refractivity contribution < 1.29 is 14.7 Å². The Labute approximate surface area is 98.4 Å². The van der Waals surface area contributed by atoms with Gasteiger partial charge in [-0.25, -0.2) is 10.9 Å². The van der Waals surface area contributed by atoms with Gasteiger partial charge in [-0.2, -0.15) is 0 Å². The van der Waals surface area contributed by atoms with Crippen molar-refractivity contribution >= 4 is 17.3 Å². The highest BCUT2D eigenvalue weighted by Gasteiger charge is 2.17. The number of fused-ring (bicyclic) bond motifs is 1. The molecule has 2 rings (SSSR count). The van der Waals surface area contributed by atoms with Crippen LogP contribution in [0.4, 0.5) is 11.4 Å². The molecule has 0 aromatic heterocycles. The molecule has 0 spiro atoms. The lowest BCUT2D eigenvalue weighted by Gasteiger charge is -2.29. The van der Waals surface area contributed by atoms with Crippen molar-refractivity contribution in [1.82, 2.24) is 0 Å².